The fraction of sp³-hybridized carbons (Fsp3) is 0.500. The van der Waals surface area contributed by atoms with Crippen LogP contribution in [-0.4, -0.2) is 30.1 Å². The van der Waals surface area contributed by atoms with Crippen LogP contribution in [0.25, 0.3) is 0 Å². The van der Waals surface area contributed by atoms with E-state index in [0.717, 1.165) is 0 Å². The molecule has 0 bridgehead atoms. The lowest BCUT2D eigenvalue weighted by molar-refractivity contribution is 0.101. The highest BCUT2D eigenvalue weighted by atomic mass is 19.1. The first-order chi connectivity index (χ1) is 8.20. The van der Waals surface area contributed by atoms with E-state index >= 15 is 0 Å². The number of Topliss-reactive ketones (excluding diaryl/α,β-unsaturated/α-hetero) is 1. The SMILES string of the molecule is CC(=O)c1cc(F)c(C)cc1N(C)C(C)(C)CO. The van der Waals surface area contributed by atoms with Crippen LogP contribution in [0.15, 0.2) is 12.1 Å². The number of carbonyl (C=O) groups excluding carboxylic acids is 1. The lowest BCUT2D eigenvalue weighted by Crippen LogP contribution is -2.45. The van der Waals surface area contributed by atoms with Crippen molar-refractivity contribution in [2.24, 2.45) is 0 Å². The number of anilines is 1. The summed E-state index contributed by atoms with van der Waals surface area (Å²) in [5, 5.41) is 9.38. The molecular weight excluding hydrogens is 233 g/mol. The van der Waals surface area contributed by atoms with Crippen LogP contribution in [0, 0.1) is 12.7 Å². The van der Waals surface area contributed by atoms with Crippen LogP contribution < -0.4 is 4.90 Å². The van der Waals surface area contributed by atoms with E-state index in [2.05, 4.69) is 0 Å². The maximum atomic E-state index is 13.5. The number of benzene rings is 1. The molecule has 0 aliphatic rings. The third-order valence-corrected chi connectivity index (χ3v) is 3.31. The molecule has 0 aromatic heterocycles. The molecule has 0 amide bonds. The first-order valence-electron chi connectivity index (χ1n) is 5.86. The number of likely N-dealkylation sites (N-methyl/N-ethyl adjacent to an activating group) is 1. The van der Waals surface area contributed by atoms with Crippen molar-refractivity contribution >= 4 is 11.5 Å². The van der Waals surface area contributed by atoms with Gasteiger partial charge in [0.1, 0.15) is 5.82 Å². The van der Waals surface area contributed by atoms with Crippen molar-refractivity contribution in [3.8, 4) is 0 Å². The number of aliphatic hydroxyl groups excluding tert-OH is 1. The van der Waals surface area contributed by atoms with E-state index in [1.54, 1.807) is 24.9 Å². The van der Waals surface area contributed by atoms with Crippen LogP contribution in [0.1, 0.15) is 36.7 Å². The zero-order valence-corrected chi connectivity index (χ0v) is 11.5. The van der Waals surface area contributed by atoms with Gasteiger partial charge in [0.2, 0.25) is 0 Å². The van der Waals surface area contributed by atoms with E-state index in [1.807, 2.05) is 13.8 Å². The van der Waals surface area contributed by atoms with Gasteiger partial charge in [-0.3, -0.25) is 4.79 Å². The summed E-state index contributed by atoms with van der Waals surface area (Å²) < 4.78 is 13.5. The Morgan fingerprint density at radius 1 is 1.44 bits per heavy atom. The molecular formula is C14H20FNO2. The standard InChI is InChI=1S/C14H20FNO2/c1-9-6-13(16(5)14(3,4)8-17)11(10(2)18)7-12(9)15/h6-7,17H,8H2,1-5H3. The molecule has 0 atom stereocenters. The third-order valence-electron chi connectivity index (χ3n) is 3.31. The quantitative estimate of drug-likeness (QED) is 0.838. The van der Waals surface area contributed by atoms with Crippen LogP contribution in [0.5, 0.6) is 0 Å². The number of ketones is 1. The summed E-state index contributed by atoms with van der Waals surface area (Å²) in [5.74, 6) is -0.580. The fourth-order valence-electron chi connectivity index (χ4n) is 1.66. The smallest absolute Gasteiger partial charge is 0.161 e. The van der Waals surface area contributed by atoms with Crippen LogP contribution in [0.3, 0.4) is 0 Å². The predicted molar refractivity (Wildman–Crippen MR) is 70.7 cm³/mol. The van der Waals surface area contributed by atoms with Crippen molar-refractivity contribution < 1.29 is 14.3 Å². The molecule has 0 saturated heterocycles. The Morgan fingerprint density at radius 2 is 2.00 bits per heavy atom. The van der Waals surface area contributed by atoms with Crippen molar-refractivity contribution in [1.82, 2.24) is 0 Å². The van der Waals surface area contributed by atoms with Crippen LogP contribution in [0.2, 0.25) is 0 Å². The number of nitrogens with zero attached hydrogens (tertiary/aromatic N) is 1. The Morgan fingerprint density at radius 3 is 2.44 bits per heavy atom. The average Bonchev–Trinajstić information content (AvgIpc) is 2.30. The Bertz CT molecular complexity index is 469. The van der Waals surface area contributed by atoms with Crippen LogP contribution >= 0.6 is 0 Å². The molecule has 0 saturated carbocycles. The highest BCUT2D eigenvalue weighted by Gasteiger charge is 2.26. The Kier molecular flexibility index (Phi) is 4.12. The molecule has 4 heteroatoms. The van der Waals surface area contributed by atoms with Crippen molar-refractivity contribution in [2.45, 2.75) is 33.2 Å². The fourth-order valence-corrected chi connectivity index (χ4v) is 1.66. The zero-order chi connectivity index (χ0) is 14.1. The molecule has 0 aliphatic carbocycles. The zero-order valence-electron chi connectivity index (χ0n) is 11.5. The number of hydrogen-bond donors (Lipinski definition) is 1. The van der Waals surface area contributed by atoms with Gasteiger partial charge in [-0.15, -0.1) is 0 Å². The summed E-state index contributed by atoms with van der Waals surface area (Å²) in [6.45, 7) is 6.72. The van der Waals surface area contributed by atoms with Gasteiger partial charge in [0.15, 0.2) is 5.78 Å². The molecule has 18 heavy (non-hydrogen) atoms. The monoisotopic (exact) mass is 253 g/mol. The van der Waals surface area contributed by atoms with E-state index in [0.29, 0.717) is 16.8 Å². The highest BCUT2D eigenvalue weighted by Crippen LogP contribution is 2.28. The maximum absolute atomic E-state index is 13.5. The van der Waals surface area contributed by atoms with Gasteiger partial charge >= 0.3 is 0 Å². The summed E-state index contributed by atoms with van der Waals surface area (Å²) in [5.41, 5.74) is 0.937. The summed E-state index contributed by atoms with van der Waals surface area (Å²) >= 11 is 0. The number of hydrogen-bond acceptors (Lipinski definition) is 3. The first-order valence-corrected chi connectivity index (χ1v) is 5.86. The molecule has 0 fully saturated rings. The second kappa shape index (κ2) is 5.06. The van der Waals surface area contributed by atoms with Crippen LogP contribution in [0.4, 0.5) is 10.1 Å². The summed E-state index contributed by atoms with van der Waals surface area (Å²) in [6.07, 6.45) is 0. The van der Waals surface area contributed by atoms with Gasteiger partial charge in [-0.1, -0.05) is 0 Å². The Hall–Kier alpha value is -1.42. The van der Waals surface area contributed by atoms with Crippen LogP contribution in [-0.2, 0) is 0 Å². The number of aryl methyl sites for hydroxylation is 1. The number of rotatable bonds is 4. The predicted octanol–water partition coefficient (Wildman–Crippen LogP) is 2.54. The van der Waals surface area contributed by atoms with E-state index in [4.69, 9.17) is 0 Å². The van der Waals surface area contributed by atoms with Gasteiger partial charge in [-0.2, -0.15) is 0 Å². The minimum atomic E-state index is -0.519. The molecule has 100 valence electrons. The Labute approximate surface area is 107 Å². The minimum absolute atomic E-state index is 0.0583. The van der Waals surface area contributed by atoms with Gasteiger partial charge in [0, 0.05) is 18.3 Å². The van der Waals surface area contributed by atoms with E-state index in [9.17, 15) is 14.3 Å². The first kappa shape index (κ1) is 14.6. The molecule has 0 heterocycles. The molecule has 3 nitrogen and oxygen atoms in total. The molecule has 1 aromatic rings. The normalized spacial score (nSPS) is 11.5. The van der Waals surface area contributed by atoms with Crippen molar-refractivity contribution in [3.63, 3.8) is 0 Å². The molecule has 1 rings (SSSR count). The topological polar surface area (TPSA) is 40.5 Å². The van der Waals surface area contributed by atoms with Gasteiger partial charge in [0.05, 0.1) is 12.1 Å². The van der Waals surface area contributed by atoms with Crippen molar-refractivity contribution in [3.05, 3.63) is 29.1 Å². The second-order valence-corrected chi connectivity index (χ2v) is 5.20. The van der Waals surface area contributed by atoms with Gasteiger partial charge in [-0.05, 0) is 45.4 Å². The summed E-state index contributed by atoms with van der Waals surface area (Å²) in [4.78, 5) is 13.4. The number of halogens is 1. The van der Waals surface area contributed by atoms with E-state index in [1.165, 1.54) is 13.0 Å². The van der Waals surface area contributed by atoms with Gasteiger partial charge in [0.25, 0.3) is 0 Å². The number of aliphatic hydroxyl groups is 1. The molecule has 0 radical (unpaired) electrons. The lowest BCUT2D eigenvalue weighted by atomic mass is 9.99. The van der Waals surface area contributed by atoms with Gasteiger partial charge in [-0.25, -0.2) is 4.39 Å². The molecule has 0 spiro atoms. The second-order valence-electron chi connectivity index (χ2n) is 5.20. The minimum Gasteiger partial charge on any atom is -0.394 e. The summed E-state index contributed by atoms with van der Waals surface area (Å²) in [6, 6.07) is 2.90. The Balaban J connectivity index is 3.39. The van der Waals surface area contributed by atoms with Crippen molar-refractivity contribution in [2.75, 3.05) is 18.6 Å². The maximum Gasteiger partial charge on any atom is 0.161 e. The van der Waals surface area contributed by atoms with Crippen molar-refractivity contribution in [1.29, 1.82) is 0 Å². The van der Waals surface area contributed by atoms with E-state index < -0.39 is 5.54 Å². The van der Waals surface area contributed by atoms with Gasteiger partial charge < -0.3 is 10.0 Å². The van der Waals surface area contributed by atoms with E-state index in [-0.39, 0.29) is 18.2 Å². The highest BCUT2D eigenvalue weighted by molar-refractivity contribution is 6.00. The summed E-state index contributed by atoms with van der Waals surface area (Å²) in [7, 11) is 1.79. The largest absolute Gasteiger partial charge is 0.394 e. The average molecular weight is 253 g/mol. The molecule has 1 N–H and O–H groups in total. The third kappa shape index (κ3) is 2.70. The molecule has 0 unspecified atom stereocenters. The molecule has 0 aliphatic heterocycles. The molecule has 1 aromatic carbocycles. The lowest BCUT2D eigenvalue weighted by Gasteiger charge is -2.37. The number of carbonyl (C=O) groups is 1.